The highest BCUT2D eigenvalue weighted by molar-refractivity contribution is 5.55. The second-order valence-electron chi connectivity index (χ2n) is 5.00. The number of hydrogen-bond donors (Lipinski definition) is 1. The number of benzene rings is 1. The van der Waals surface area contributed by atoms with Crippen molar-refractivity contribution >= 4 is 5.69 Å². The summed E-state index contributed by atoms with van der Waals surface area (Å²) in [6.45, 7) is 5.29. The smallest absolute Gasteiger partial charge is 0.0548 e. The van der Waals surface area contributed by atoms with Crippen molar-refractivity contribution in [1.29, 1.82) is 0 Å². The Morgan fingerprint density at radius 3 is 2.87 bits per heavy atom. The van der Waals surface area contributed by atoms with Crippen molar-refractivity contribution in [2.75, 3.05) is 25.1 Å². The first kappa shape index (κ1) is 9.22. The lowest BCUT2D eigenvalue weighted by Crippen LogP contribution is -2.46. The largest absolute Gasteiger partial charge is 0.385 e. The van der Waals surface area contributed by atoms with Crippen molar-refractivity contribution in [1.82, 2.24) is 0 Å². The molecule has 0 radical (unpaired) electrons. The van der Waals surface area contributed by atoms with Gasteiger partial charge in [-0.15, -0.1) is 0 Å². The summed E-state index contributed by atoms with van der Waals surface area (Å²) in [7, 11) is 0. The average molecular weight is 203 g/mol. The highest BCUT2D eigenvalue weighted by Crippen LogP contribution is 2.47. The summed E-state index contributed by atoms with van der Waals surface area (Å²) in [6.07, 6.45) is 1.23. The van der Waals surface area contributed by atoms with Crippen LogP contribution in [0.4, 0.5) is 5.69 Å². The molecule has 80 valence electrons. The SMILES string of the molecule is CC1([C@H]2CCNc3ccccc32)COC1. The van der Waals surface area contributed by atoms with Gasteiger partial charge in [-0.25, -0.2) is 0 Å². The van der Waals surface area contributed by atoms with Gasteiger partial charge in [0.1, 0.15) is 0 Å². The molecule has 2 aliphatic heterocycles. The van der Waals surface area contributed by atoms with E-state index in [1.807, 2.05) is 0 Å². The van der Waals surface area contributed by atoms with Crippen LogP contribution in [0.1, 0.15) is 24.8 Å². The molecule has 15 heavy (non-hydrogen) atoms. The van der Waals surface area contributed by atoms with E-state index in [1.54, 1.807) is 0 Å². The Kier molecular flexibility index (Phi) is 1.99. The van der Waals surface area contributed by atoms with Crippen molar-refractivity contribution in [3.63, 3.8) is 0 Å². The van der Waals surface area contributed by atoms with Crippen LogP contribution in [0.5, 0.6) is 0 Å². The van der Waals surface area contributed by atoms with Crippen LogP contribution in [0.25, 0.3) is 0 Å². The van der Waals surface area contributed by atoms with Crippen LogP contribution in [-0.4, -0.2) is 19.8 Å². The third-order valence-corrected chi connectivity index (χ3v) is 3.79. The van der Waals surface area contributed by atoms with Crippen molar-refractivity contribution < 1.29 is 4.74 Å². The van der Waals surface area contributed by atoms with Gasteiger partial charge in [0.05, 0.1) is 13.2 Å². The third kappa shape index (κ3) is 1.36. The lowest BCUT2D eigenvalue weighted by atomic mass is 9.69. The quantitative estimate of drug-likeness (QED) is 0.757. The van der Waals surface area contributed by atoms with Gasteiger partial charge in [0.25, 0.3) is 0 Å². The number of nitrogens with one attached hydrogen (secondary N) is 1. The first-order valence-corrected chi connectivity index (χ1v) is 5.70. The van der Waals surface area contributed by atoms with Crippen LogP contribution in [0, 0.1) is 5.41 Å². The van der Waals surface area contributed by atoms with Crippen LogP contribution in [0.3, 0.4) is 0 Å². The Morgan fingerprint density at radius 2 is 2.13 bits per heavy atom. The summed E-state index contributed by atoms with van der Waals surface area (Å²) in [5.41, 5.74) is 3.18. The van der Waals surface area contributed by atoms with Gasteiger partial charge in [-0.05, 0) is 24.0 Å². The number of fused-ring (bicyclic) bond motifs is 1. The van der Waals surface area contributed by atoms with Gasteiger partial charge in [0.15, 0.2) is 0 Å². The zero-order valence-corrected chi connectivity index (χ0v) is 9.12. The summed E-state index contributed by atoms with van der Waals surface area (Å²) in [5, 5.41) is 3.47. The van der Waals surface area contributed by atoms with E-state index in [1.165, 1.54) is 17.7 Å². The van der Waals surface area contributed by atoms with Crippen molar-refractivity contribution in [2.45, 2.75) is 19.3 Å². The molecular formula is C13H17NO. The molecule has 0 saturated carbocycles. The fourth-order valence-electron chi connectivity index (χ4n) is 2.82. The Balaban J connectivity index is 1.98. The predicted octanol–water partition coefficient (Wildman–Crippen LogP) is 2.62. The van der Waals surface area contributed by atoms with Crippen LogP contribution in [0.15, 0.2) is 24.3 Å². The van der Waals surface area contributed by atoms with E-state index in [2.05, 4.69) is 36.5 Å². The summed E-state index contributed by atoms with van der Waals surface area (Å²) < 4.78 is 5.39. The minimum atomic E-state index is 0.373. The first-order chi connectivity index (χ1) is 7.30. The Bertz CT molecular complexity index is 371. The van der Waals surface area contributed by atoms with Crippen LogP contribution >= 0.6 is 0 Å². The summed E-state index contributed by atoms with van der Waals surface area (Å²) in [4.78, 5) is 0. The molecule has 0 spiro atoms. The van der Waals surface area contributed by atoms with Gasteiger partial charge in [0, 0.05) is 17.6 Å². The maximum atomic E-state index is 5.39. The molecule has 2 heteroatoms. The monoisotopic (exact) mass is 203 g/mol. The standard InChI is InChI=1S/C13H17NO/c1-13(8-15-9-13)11-6-7-14-12-5-3-2-4-10(11)12/h2-5,11,14H,6-9H2,1H3/t11-/m0/s1. The van der Waals surface area contributed by atoms with Crippen molar-refractivity contribution in [3.05, 3.63) is 29.8 Å². The van der Waals surface area contributed by atoms with E-state index >= 15 is 0 Å². The van der Waals surface area contributed by atoms with Crippen molar-refractivity contribution in [3.8, 4) is 0 Å². The number of rotatable bonds is 1. The number of para-hydroxylation sites is 1. The van der Waals surface area contributed by atoms with E-state index in [-0.39, 0.29) is 0 Å². The maximum Gasteiger partial charge on any atom is 0.0548 e. The van der Waals surface area contributed by atoms with Gasteiger partial charge >= 0.3 is 0 Å². The molecule has 1 atom stereocenters. The molecule has 0 bridgehead atoms. The summed E-state index contributed by atoms with van der Waals surface area (Å²) >= 11 is 0. The van der Waals surface area contributed by atoms with Crippen LogP contribution in [-0.2, 0) is 4.74 Å². The number of hydrogen-bond acceptors (Lipinski definition) is 2. The second kappa shape index (κ2) is 3.24. The molecule has 0 aromatic heterocycles. The van der Waals surface area contributed by atoms with Gasteiger partial charge in [-0.3, -0.25) is 0 Å². The molecule has 1 fully saturated rings. The Morgan fingerprint density at radius 1 is 1.33 bits per heavy atom. The number of anilines is 1. The molecule has 0 aliphatic carbocycles. The van der Waals surface area contributed by atoms with Gasteiger partial charge in [-0.1, -0.05) is 25.1 Å². The minimum Gasteiger partial charge on any atom is -0.385 e. The normalized spacial score (nSPS) is 27.4. The minimum absolute atomic E-state index is 0.373. The Labute approximate surface area is 90.6 Å². The van der Waals surface area contributed by atoms with E-state index in [0.717, 1.165) is 19.8 Å². The molecule has 1 aromatic carbocycles. The molecule has 0 amide bonds. The molecule has 2 nitrogen and oxygen atoms in total. The Hall–Kier alpha value is -1.02. The van der Waals surface area contributed by atoms with Gasteiger partial charge in [-0.2, -0.15) is 0 Å². The molecule has 1 aromatic rings. The van der Waals surface area contributed by atoms with E-state index in [0.29, 0.717) is 11.3 Å². The average Bonchev–Trinajstić information content (AvgIpc) is 2.25. The maximum absolute atomic E-state index is 5.39. The molecule has 2 heterocycles. The molecular weight excluding hydrogens is 186 g/mol. The first-order valence-electron chi connectivity index (χ1n) is 5.70. The fraction of sp³-hybridized carbons (Fsp3) is 0.538. The highest BCUT2D eigenvalue weighted by atomic mass is 16.5. The van der Waals surface area contributed by atoms with E-state index in [4.69, 9.17) is 4.74 Å². The lowest BCUT2D eigenvalue weighted by molar-refractivity contribution is -0.117. The fourth-order valence-corrected chi connectivity index (χ4v) is 2.82. The highest BCUT2D eigenvalue weighted by Gasteiger charge is 2.43. The molecule has 3 rings (SSSR count). The van der Waals surface area contributed by atoms with E-state index in [9.17, 15) is 0 Å². The third-order valence-electron chi connectivity index (χ3n) is 3.79. The lowest BCUT2D eigenvalue weighted by Gasteiger charge is -2.46. The second-order valence-corrected chi connectivity index (χ2v) is 5.00. The van der Waals surface area contributed by atoms with Crippen LogP contribution < -0.4 is 5.32 Å². The molecule has 2 aliphatic rings. The van der Waals surface area contributed by atoms with Gasteiger partial charge < -0.3 is 10.1 Å². The summed E-state index contributed by atoms with van der Waals surface area (Å²) in [5.74, 6) is 0.670. The number of ether oxygens (including phenoxy) is 1. The molecule has 1 saturated heterocycles. The van der Waals surface area contributed by atoms with Gasteiger partial charge in [0.2, 0.25) is 0 Å². The summed E-state index contributed by atoms with van der Waals surface area (Å²) in [6, 6.07) is 8.69. The zero-order valence-electron chi connectivity index (χ0n) is 9.12. The predicted molar refractivity (Wildman–Crippen MR) is 61.2 cm³/mol. The zero-order chi connectivity index (χ0) is 10.3. The van der Waals surface area contributed by atoms with Crippen LogP contribution in [0.2, 0.25) is 0 Å². The molecule has 1 N–H and O–H groups in total. The van der Waals surface area contributed by atoms with Crippen molar-refractivity contribution in [2.24, 2.45) is 5.41 Å². The van der Waals surface area contributed by atoms with E-state index < -0.39 is 0 Å². The topological polar surface area (TPSA) is 21.3 Å². The molecule has 0 unspecified atom stereocenters.